The second kappa shape index (κ2) is 8.88. The number of halogens is 2. The van der Waals surface area contributed by atoms with Gasteiger partial charge in [0.05, 0.1) is 28.9 Å². The van der Waals surface area contributed by atoms with Crippen LogP contribution in [0, 0.1) is 0 Å². The molecule has 0 amide bonds. The van der Waals surface area contributed by atoms with E-state index in [9.17, 15) is 9.35 Å². The number of esters is 1. The molecule has 2 rings (SSSR count). The van der Waals surface area contributed by atoms with E-state index in [0.29, 0.717) is 32.2 Å². The number of carbonyl (C=O) groups excluding carboxylic acids is 1. The van der Waals surface area contributed by atoms with Gasteiger partial charge >= 0.3 is 5.97 Å². The van der Waals surface area contributed by atoms with Crippen molar-refractivity contribution in [2.24, 2.45) is 4.40 Å². The number of benzene rings is 2. The van der Waals surface area contributed by atoms with Crippen LogP contribution in [-0.2, 0) is 16.1 Å². The van der Waals surface area contributed by atoms with Gasteiger partial charge in [-0.15, -0.1) is 12.6 Å². The molecule has 0 saturated heterocycles. The Kier molecular flexibility index (Phi) is 7.27. The molecule has 0 aliphatic carbocycles. The van der Waals surface area contributed by atoms with Gasteiger partial charge in [-0.3, -0.25) is 0 Å². The number of methoxy groups -OCH3 is 1. The summed E-state index contributed by atoms with van der Waals surface area (Å²) in [7, 11) is 1.31. The maximum absolute atomic E-state index is 12.3. The zero-order chi connectivity index (χ0) is 20.4. The van der Waals surface area contributed by atoms with Crippen molar-refractivity contribution in [3.63, 3.8) is 0 Å². The highest BCUT2D eigenvalue weighted by Crippen LogP contribution is 2.38. The summed E-state index contributed by atoms with van der Waals surface area (Å²) < 4.78 is 20.8. The molecule has 144 valence electrons. The van der Waals surface area contributed by atoms with Crippen LogP contribution in [0.1, 0.15) is 36.7 Å². The number of thiol groups is 1. The Bertz CT molecular complexity index is 895. The van der Waals surface area contributed by atoms with Gasteiger partial charge in [-0.25, -0.2) is 4.79 Å². The van der Waals surface area contributed by atoms with E-state index in [1.807, 2.05) is 20.8 Å². The normalized spacial score (nSPS) is 13.0. The third-order valence-electron chi connectivity index (χ3n) is 3.65. The number of carbonyl (C=O) groups is 1. The van der Waals surface area contributed by atoms with Crippen LogP contribution >= 0.6 is 35.8 Å². The van der Waals surface area contributed by atoms with Crippen LogP contribution < -0.4 is 0 Å². The fraction of sp³-hybridized carbons (Fsp3) is 0.263. The van der Waals surface area contributed by atoms with Crippen molar-refractivity contribution in [1.82, 2.24) is 0 Å². The van der Waals surface area contributed by atoms with Crippen LogP contribution in [0.2, 0.25) is 10.0 Å². The summed E-state index contributed by atoms with van der Waals surface area (Å²) in [5.41, 5.74) is 1.91. The Morgan fingerprint density at radius 2 is 1.93 bits per heavy atom. The molecule has 4 nitrogen and oxygen atoms in total. The van der Waals surface area contributed by atoms with E-state index >= 15 is 0 Å². The molecule has 1 atom stereocenters. The Labute approximate surface area is 177 Å². The highest BCUT2D eigenvalue weighted by atomic mass is 35.5. The molecule has 27 heavy (non-hydrogen) atoms. The second-order valence-electron chi connectivity index (χ2n) is 6.61. The lowest BCUT2D eigenvalue weighted by Gasteiger charge is -2.18. The monoisotopic (exact) mass is 443 g/mol. The lowest BCUT2D eigenvalue weighted by Crippen LogP contribution is -2.25. The fourth-order valence-electron chi connectivity index (χ4n) is 2.27. The quantitative estimate of drug-likeness (QED) is 0.288. The summed E-state index contributed by atoms with van der Waals surface area (Å²) in [5, 5.41) is 0.566. The zero-order valence-corrected chi connectivity index (χ0v) is 18.5. The molecule has 0 spiro atoms. The maximum Gasteiger partial charge on any atom is 0.338 e. The topological polar surface area (TPSA) is 61.7 Å². The molecular weight excluding hydrogens is 425 g/mol. The SMILES string of the molecule is COC(=O)c1cccc(S)c1-c1ccc(Cl)c(Cl)c1/C=N/[S+]([O-])C(C)(C)C. The molecular formula is C19H19Cl2NO3S2. The Morgan fingerprint density at radius 1 is 1.26 bits per heavy atom. The van der Waals surface area contributed by atoms with Crippen LogP contribution in [0.25, 0.3) is 11.1 Å². The molecule has 2 aromatic carbocycles. The van der Waals surface area contributed by atoms with E-state index in [0.717, 1.165) is 0 Å². The first kappa shape index (κ1) is 22.1. The number of rotatable bonds is 4. The number of ether oxygens (including phenoxy) is 1. The Hall–Kier alpha value is -1.18. The van der Waals surface area contributed by atoms with E-state index in [2.05, 4.69) is 17.0 Å². The maximum atomic E-state index is 12.3. The largest absolute Gasteiger partial charge is 0.591 e. The first-order valence-corrected chi connectivity index (χ1v) is 10.2. The predicted octanol–water partition coefficient (Wildman–Crippen LogP) is 5.62. The molecule has 0 heterocycles. The standard InChI is InChI=1S/C19H19Cl2NO3S2/c1-19(2,3)27(24)22-10-13-11(8-9-14(20)17(13)21)16-12(18(23)25-4)6-5-7-15(16)26/h5-10,26H,1-4H3/b22-10+. The molecule has 0 bridgehead atoms. The first-order chi connectivity index (χ1) is 12.6. The van der Waals surface area contributed by atoms with Crippen molar-refractivity contribution in [2.75, 3.05) is 7.11 Å². The summed E-state index contributed by atoms with van der Waals surface area (Å²) in [5.74, 6) is -0.506. The molecule has 0 fully saturated rings. The predicted molar refractivity (Wildman–Crippen MR) is 116 cm³/mol. The summed E-state index contributed by atoms with van der Waals surface area (Å²) in [6.45, 7) is 5.46. The zero-order valence-electron chi connectivity index (χ0n) is 15.2. The smallest absolute Gasteiger partial charge is 0.338 e. The van der Waals surface area contributed by atoms with Crippen molar-refractivity contribution in [2.45, 2.75) is 30.4 Å². The van der Waals surface area contributed by atoms with E-state index in [-0.39, 0.29) is 5.02 Å². The lowest BCUT2D eigenvalue weighted by molar-refractivity contribution is 0.0601. The third-order valence-corrected chi connectivity index (χ3v) is 6.19. The van der Waals surface area contributed by atoms with Gasteiger partial charge in [0.1, 0.15) is 16.1 Å². The minimum Gasteiger partial charge on any atom is -0.591 e. The van der Waals surface area contributed by atoms with Crippen LogP contribution in [0.4, 0.5) is 0 Å². The van der Waals surface area contributed by atoms with E-state index in [1.54, 1.807) is 30.3 Å². The number of hydrogen-bond acceptors (Lipinski definition) is 5. The summed E-state index contributed by atoms with van der Waals surface area (Å²) in [6.07, 6.45) is 1.42. The van der Waals surface area contributed by atoms with Crippen molar-refractivity contribution < 1.29 is 14.1 Å². The molecule has 0 N–H and O–H groups in total. The molecule has 8 heteroatoms. The molecule has 0 aliphatic heterocycles. The van der Waals surface area contributed by atoms with Gasteiger partial charge in [0.2, 0.25) is 0 Å². The van der Waals surface area contributed by atoms with Crippen LogP contribution in [0.3, 0.4) is 0 Å². The fourth-order valence-corrected chi connectivity index (χ4v) is 3.50. The van der Waals surface area contributed by atoms with E-state index in [1.165, 1.54) is 13.3 Å². The van der Waals surface area contributed by atoms with Crippen LogP contribution in [0.15, 0.2) is 39.6 Å². The minimum atomic E-state index is -1.48. The third kappa shape index (κ3) is 5.00. The highest BCUT2D eigenvalue weighted by molar-refractivity contribution is 7.91. The van der Waals surface area contributed by atoms with Crippen LogP contribution in [-0.4, -0.2) is 28.6 Å². The number of hydrogen-bond donors (Lipinski definition) is 1. The minimum absolute atomic E-state index is 0.247. The second-order valence-corrected chi connectivity index (χ2v) is 9.81. The lowest BCUT2D eigenvalue weighted by atomic mass is 9.95. The van der Waals surface area contributed by atoms with Gasteiger partial charge in [0.15, 0.2) is 0 Å². The molecule has 2 aromatic rings. The van der Waals surface area contributed by atoms with Crippen molar-refractivity contribution in [3.8, 4) is 11.1 Å². The molecule has 1 unspecified atom stereocenters. The average molecular weight is 444 g/mol. The number of nitrogens with zero attached hydrogens (tertiary/aromatic N) is 1. The molecule has 0 aliphatic rings. The van der Waals surface area contributed by atoms with Crippen molar-refractivity contribution >= 4 is 59.4 Å². The van der Waals surface area contributed by atoms with Gasteiger partial charge in [-0.05, 0) is 44.5 Å². The van der Waals surface area contributed by atoms with Crippen LogP contribution in [0.5, 0.6) is 0 Å². The summed E-state index contributed by atoms with van der Waals surface area (Å²) in [6, 6.07) is 8.44. The van der Waals surface area contributed by atoms with Gasteiger partial charge in [-0.1, -0.05) is 39.7 Å². The first-order valence-electron chi connectivity index (χ1n) is 7.92. The Morgan fingerprint density at radius 3 is 2.52 bits per heavy atom. The van der Waals surface area contributed by atoms with E-state index in [4.69, 9.17) is 27.9 Å². The van der Waals surface area contributed by atoms with Gasteiger partial charge < -0.3 is 9.29 Å². The Balaban J connectivity index is 2.72. The van der Waals surface area contributed by atoms with Crippen molar-refractivity contribution in [1.29, 1.82) is 0 Å². The van der Waals surface area contributed by atoms with Gasteiger partial charge in [0, 0.05) is 16.0 Å². The molecule has 0 aromatic heterocycles. The molecule has 0 saturated carbocycles. The highest BCUT2D eigenvalue weighted by Gasteiger charge is 2.26. The summed E-state index contributed by atoms with van der Waals surface area (Å²) >= 11 is 15.6. The van der Waals surface area contributed by atoms with E-state index < -0.39 is 22.1 Å². The van der Waals surface area contributed by atoms with Gasteiger partial charge in [-0.2, -0.15) is 0 Å². The van der Waals surface area contributed by atoms with Gasteiger partial charge in [0.25, 0.3) is 0 Å². The summed E-state index contributed by atoms with van der Waals surface area (Å²) in [4.78, 5) is 12.8. The van der Waals surface area contributed by atoms with Crippen molar-refractivity contribution in [3.05, 3.63) is 51.5 Å². The molecule has 0 radical (unpaired) electrons. The average Bonchev–Trinajstić information content (AvgIpc) is 2.61.